The van der Waals surface area contributed by atoms with Crippen molar-refractivity contribution in [2.75, 3.05) is 13.2 Å². The van der Waals surface area contributed by atoms with Crippen molar-refractivity contribution in [3.05, 3.63) is 28.8 Å². The number of carbonyl (C=O) groups is 4. The minimum atomic E-state index is -0.950. The van der Waals surface area contributed by atoms with Gasteiger partial charge in [-0.3, -0.25) is 29.4 Å². The van der Waals surface area contributed by atoms with Gasteiger partial charge in [-0.25, -0.2) is 0 Å². The van der Waals surface area contributed by atoms with Crippen molar-refractivity contribution < 1.29 is 23.9 Å². The third kappa shape index (κ3) is 2.18. The average Bonchev–Trinajstić information content (AvgIpc) is 2.72. The fourth-order valence-corrected chi connectivity index (χ4v) is 3.27. The summed E-state index contributed by atoms with van der Waals surface area (Å²) in [4.78, 5) is 49.6. The van der Waals surface area contributed by atoms with Crippen molar-refractivity contribution in [3.8, 4) is 5.75 Å². The number of piperidine rings is 1. The van der Waals surface area contributed by atoms with E-state index in [0.29, 0.717) is 25.4 Å². The normalized spacial score (nSPS) is 23.3. The summed E-state index contributed by atoms with van der Waals surface area (Å²) in [6.07, 6.45) is 0.251. The second kappa shape index (κ2) is 5.41. The first-order valence-corrected chi connectivity index (χ1v) is 7.78. The van der Waals surface area contributed by atoms with E-state index in [1.54, 1.807) is 12.1 Å². The first kappa shape index (κ1) is 14.8. The highest BCUT2D eigenvalue weighted by molar-refractivity contribution is 6.23. The van der Waals surface area contributed by atoms with Crippen LogP contribution in [0.15, 0.2) is 12.1 Å². The van der Waals surface area contributed by atoms with Crippen LogP contribution in [0.5, 0.6) is 5.75 Å². The van der Waals surface area contributed by atoms with Gasteiger partial charge in [0.25, 0.3) is 11.8 Å². The van der Waals surface area contributed by atoms with Gasteiger partial charge < -0.3 is 10.1 Å². The molecule has 1 fully saturated rings. The molecule has 0 aliphatic carbocycles. The van der Waals surface area contributed by atoms with Crippen LogP contribution in [0.2, 0.25) is 0 Å². The van der Waals surface area contributed by atoms with Crippen LogP contribution in [0.1, 0.15) is 39.1 Å². The largest absolute Gasteiger partial charge is 0.492 e. The molecule has 3 heterocycles. The van der Waals surface area contributed by atoms with Crippen LogP contribution in [-0.2, 0) is 16.1 Å². The number of hydrogen-bond donors (Lipinski definition) is 2. The first-order chi connectivity index (χ1) is 11.6. The Morgan fingerprint density at radius 1 is 1.08 bits per heavy atom. The minimum absolute atomic E-state index is 0.105. The summed E-state index contributed by atoms with van der Waals surface area (Å²) in [6.45, 7) is 1.71. The van der Waals surface area contributed by atoms with Crippen molar-refractivity contribution in [2.24, 2.45) is 0 Å². The molecule has 2 N–H and O–H groups in total. The van der Waals surface area contributed by atoms with Crippen LogP contribution in [0.4, 0.5) is 0 Å². The van der Waals surface area contributed by atoms with Gasteiger partial charge in [-0.05, 0) is 18.6 Å². The summed E-state index contributed by atoms with van der Waals surface area (Å²) < 4.78 is 5.60. The quantitative estimate of drug-likeness (QED) is 0.678. The van der Waals surface area contributed by atoms with Crippen molar-refractivity contribution in [3.63, 3.8) is 0 Å². The van der Waals surface area contributed by atoms with E-state index in [0.717, 1.165) is 10.5 Å². The molecular formula is C16H15N3O5. The summed E-state index contributed by atoms with van der Waals surface area (Å²) >= 11 is 0. The van der Waals surface area contributed by atoms with E-state index >= 15 is 0 Å². The van der Waals surface area contributed by atoms with Crippen molar-refractivity contribution in [2.45, 2.75) is 25.4 Å². The highest BCUT2D eigenvalue weighted by atomic mass is 16.5. The SMILES string of the molecule is O=C1CC[C@H](N2C(=O)c3cc4c(cc3C2=O)OCCNC4)C(=O)N1. The summed E-state index contributed by atoms with van der Waals surface area (Å²) in [5.41, 5.74) is 1.32. The van der Waals surface area contributed by atoms with E-state index < -0.39 is 23.8 Å². The number of hydrogen-bond acceptors (Lipinski definition) is 6. The Morgan fingerprint density at radius 2 is 1.83 bits per heavy atom. The van der Waals surface area contributed by atoms with Gasteiger partial charge in [0.15, 0.2) is 0 Å². The van der Waals surface area contributed by atoms with Gasteiger partial charge >= 0.3 is 0 Å². The molecule has 0 unspecified atom stereocenters. The van der Waals surface area contributed by atoms with Crippen LogP contribution in [-0.4, -0.2) is 47.7 Å². The standard InChI is InChI=1S/C16H15N3O5/c20-13-2-1-11(14(21)18-13)19-15(22)9-5-8-7-17-3-4-24-12(8)6-10(9)16(19)23/h5-6,11,17H,1-4,7H2,(H,18,20,21)/t11-/m0/s1. The van der Waals surface area contributed by atoms with Crippen LogP contribution in [0, 0.1) is 0 Å². The summed E-state index contributed by atoms with van der Waals surface area (Å²) in [6, 6.07) is 2.27. The van der Waals surface area contributed by atoms with Gasteiger partial charge in [0.05, 0.1) is 11.1 Å². The lowest BCUT2D eigenvalue weighted by Gasteiger charge is -2.27. The monoisotopic (exact) mass is 329 g/mol. The fourth-order valence-electron chi connectivity index (χ4n) is 3.27. The number of carbonyl (C=O) groups excluding carboxylic acids is 4. The first-order valence-electron chi connectivity index (χ1n) is 7.78. The third-order valence-electron chi connectivity index (χ3n) is 4.47. The molecule has 1 aromatic carbocycles. The zero-order valence-corrected chi connectivity index (χ0v) is 12.8. The van der Waals surface area contributed by atoms with Gasteiger partial charge in [-0.1, -0.05) is 0 Å². The third-order valence-corrected chi connectivity index (χ3v) is 4.47. The Balaban J connectivity index is 1.71. The molecular weight excluding hydrogens is 314 g/mol. The maximum absolute atomic E-state index is 12.7. The zero-order chi connectivity index (χ0) is 16.8. The van der Waals surface area contributed by atoms with E-state index in [-0.39, 0.29) is 29.9 Å². The van der Waals surface area contributed by atoms with E-state index in [9.17, 15) is 19.2 Å². The molecule has 3 aliphatic heterocycles. The van der Waals surface area contributed by atoms with Crippen molar-refractivity contribution in [1.82, 2.24) is 15.5 Å². The van der Waals surface area contributed by atoms with E-state index in [1.807, 2.05) is 0 Å². The molecule has 1 aromatic rings. The molecule has 1 atom stereocenters. The molecule has 0 bridgehead atoms. The molecule has 0 radical (unpaired) electrons. The molecule has 0 spiro atoms. The lowest BCUT2D eigenvalue weighted by atomic mass is 10.0. The number of fused-ring (bicyclic) bond motifs is 2. The number of rotatable bonds is 1. The molecule has 8 heteroatoms. The lowest BCUT2D eigenvalue weighted by Crippen LogP contribution is -2.54. The molecule has 1 saturated heterocycles. The predicted octanol–water partition coefficient (Wildman–Crippen LogP) is -0.430. The highest BCUT2D eigenvalue weighted by Crippen LogP contribution is 2.33. The van der Waals surface area contributed by atoms with E-state index in [2.05, 4.69) is 10.6 Å². The van der Waals surface area contributed by atoms with Gasteiger partial charge in [0.2, 0.25) is 11.8 Å². The number of benzene rings is 1. The number of ether oxygens (including phenoxy) is 1. The Hall–Kier alpha value is -2.74. The van der Waals surface area contributed by atoms with Crippen LogP contribution in [0.3, 0.4) is 0 Å². The molecule has 4 amide bonds. The Labute approximate surface area is 137 Å². The predicted molar refractivity (Wildman–Crippen MR) is 80.3 cm³/mol. The second-order valence-electron chi connectivity index (χ2n) is 5.98. The summed E-state index contributed by atoms with van der Waals surface area (Å²) in [7, 11) is 0. The fraction of sp³-hybridized carbons (Fsp3) is 0.375. The summed E-state index contributed by atoms with van der Waals surface area (Å²) in [5, 5.41) is 5.35. The molecule has 124 valence electrons. The van der Waals surface area contributed by atoms with Crippen LogP contribution in [0.25, 0.3) is 0 Å². The number of amides is 4. The Bertz CT molecular complexity index is 743. The molecule has 24 heavy (non-hydrogen) atoms. The molecule has 8 nitrogen and oxygen atoms in total. The second-order valence-corrected chi connectivity index (χ2v) is 5.98. The van der Waals surface area contributed by atoms with Gasteiger partial charge in [0.1, 0.15) is 18.4 Å². The molecule has 3 aliphatic rings. The molecule has 0 saturated carbocycles. The van der Waals surface area contributed by atoms with Gasteiger partial charge in [-0.2, -0.15) is 0 Å². The number of imide groups is 2. The van der Waals surface area contributed by atoms with Crippen molar-refractivity contribution in [1.29, 1.82) is 0 Å². The van der Waals surface area contributed by atoms with E-state index in [4.69, 9.17) is 4.74 Å². The Kier molecular flexibility index (Phi) is 3.34. The molecule has 4 rings (SSSR count). The van der Waals surface area contributed by atoms with E-state index in [1.165, 1.54) is 0 Å². The van der Waals surface area contributed by atoms with Gasteiger partial charge in [0, 0.05) is 25.1 Å². The zero-order valence-electron chi connectivity index (χ0n) is 12.8. The smallest absolute Gasteiger partial charge is 0.262 e. The maximum atomic E-state index is 12.7. The topological polar surface area (TPSA) is 105 Å². The lowest BCUT2D eigenvalue weighted by molar-refractivity contribution is -0.136. The highest BCUT2D eigenvalue weighted by Gasteiger charge is 2.45. The van der Waals surface area contributed by atoms with Crippen molar-refractivity contribution >= 4 is 23.6 Å². The number of nitrogens with zero attached hydrogens (tertiary/aromatic N) is 1. The maximum Gasteiger partial charge on any atom is 0.262 e. The number of nitrogens with one attached hydrogen (secondary N) is 2. The van der Waals surface area contributed by atoms with Gasteiger partial charge in [-0.15, -0.1) is 0 Å². The van der Waals surface area contributed by atoms with Crippen LogP contribution < -0.4 is 15.4 Å². The summed E-state index contributed by atoms with van der Waals surface area (Å²) in [5.74, 6) is -1.45. The van der Waals surface area contributed by atoms with Crippen LogP contribution >= 0.6 is 0 Å². The minimum Gasteiger partial charge on any atom is -0.492 e. The molecule has 0 aromatic heterocycles. The Morgan fingerprint density at radius 3 is 2.58 bits per heavy atom. The average molecular weight is 329 g/mol.